The van der Waals surface area contributed by atoms with Crippen LogP contribution in [0.4, 0.5) is 0 Å². The fourth-order valence-electron chi connectivity index (χ4n) is 2.05. The lowest BCUT2D eigenvalue weighted by Crippen LogP contribution is -2.27. The van der Waals surface area contributed by atoms with Gasteiger partial charge in [-0.15, -0.1) is 0 Å². The summed E-state index contributed by atoms with van der Waals surface area (Å²) in [6, 6.07) is 3.51. The fourth-order valence-corrected chi connectivity index (χ4v) is 2.05. The second-order valence-corrected chi connectivity index (χ2v) is 5.87. The van der Waals surface area contributed by atoms with Crippen molar-refractivity contribution in [3.8, 4) is 11.5 Å². The average molecular weight is 264 g/mol. The van der Waals surface area contributed by atoms with Crippen molar-refractivity contribution >= 4 is 5.78 Å². The van der Waals surface area contributed by atoms with Crippen LogP contribution < -0.4 is 9.47 Å². The number of ketones is 1. The topological polar surface area (TPSA) is 55.8 Å². The molecule has 1 aromatic carbocycles. The van der Waals surface area contributed by atoms with Gasteiger partial charge in [0.2, 0.25) is 0 Å². The molecule has 0 bridgehead atoms. The van der Waals surface area contributed by atoms with E-state index in [4.69, 9.17) is 9.47 Å². The summed E-state index contributed by atoms with van der Waals surface area (Å²) in [5.74, 6) is 1.06. The number of Topliss-reactive ketones (excluding diaryl/α,β-unsaturated/α-hetero) is 1. The first-order valence-electron chi connectivity index (χ1n) is 6.43. The van der Waals surface area contributed by atoms with E-state index in [0.717, 1.165) is 5.56 Å². The highest BCUT2D eigenvalue weighted by molar-refractivity contribution is 5.89. The number of fused-ring (bicyclic) bond motifs is 1. The van der Waals surface area contributed by atoms with E-state index in [1.165, 1.54) is 0 Å². The number of aryl methyl sites for hydroxylation is 1. The normalized spacial score (nSPS) is 16.1. The number of aliphatic hydroxyl groups excluding tert-OH is 1. The van der Waals surface area contributed by atoms with Gasteiger partial charge in [-0.25, -0.2) is 0 Å². The first-order valence-corrected chi connectivity index (χ1v) is 6.43. The first kappa shape index (κ1) is 13.9. The number of carbonyl (C=O) groups is 1. The third-order valence-corrected chi connectivity index (χ3v) is 3.21. The molecule has 1 heterocycles. The van der Waals surface area contributed by atoms with Crippen LogP contribution in [0.5, 0.6) is 11.5 Å². The largest absolute Gasteiger partial charge is 0.486 e. The zero-order valence-corrected chi connectivity index (χ0v) is 11.8. The molecule has 0 saturated heterocycles. The molecule has 0 fully saturated rings. The van der Waals surface area contributed by atoms with E-state index in [1.54, 1.807) is 26.8 Å². The Morgan fingerprint density at radius 3 is 2.26 bits per heavy atom. The Kier molecular flexibility index (Phi) is 3.54. The predicted octanol–water partition coefficient (Wildman–Crippen LogP) is 2.41. The summed E-state index contributed by atoms with van der Waals surface area (Å²) in [7, 11) is 0. The highest BCUT2D eigenvalue weighted by Gasteiger charge is 2.31. The maximum absolute atomic E-state index is 12.2. The van der Waals surface area contributed by atoms with Gasteiger partial charge >= 0.3 is 0 Å². The average Bonchev–Trinajstić information content (AvgIpc) is 2.35. The third kappa shape index (κ3) is 2.73. The van der Waals surface area contributed by atoms with Crippen molar-refractivity contribution in [3.05, 3.63) is 23.3 Å². The molecule has 104 valence electrons. The summed E-state index contributed by atoms with van der Waals surface area (Å²) in [5, 5.41) is 10.3. The van der Waals surface area contributed by atoms with E-state index < -0.39 is 11.5 Å². The number of hydrogen-bond donors (Lipinski definition) is 1. The summed E-state index contributed by atoms with van der Waals surface area (Å²) in [6.07, 6.45) is -1.13. The summed E-state index contributed by atoms with van der Waals surface area (Å²) in [6.45, 7) is 8.25. The molecular weight excluding hydrogens is 244 g/mol. The van der Waals surface area contributed by atoms with Crippen molar-refractivity contribution in [1.29, 1.82) is 0 Å². The number of aliphatic hydroxyl groups is 1. The summed E-state index contributed by atoms with van der Waals surface area (Å²) in [4.78, 5) is 12.2. The van der Waals surface area contributed by atoms with Crippen LogP contribution in [0.2, 0.25) is 0 Å². The van der Waals surface area contributed by atoms with Gasteiger partial charge in [0.05, 0.1) is 0 Å². The van der Waals surface area contributed by atoms with Crippen LogP contribution in [-0.4, -0.2) is 24.1 Å². The Hall–Kier alpha value is -1.55. The van der Waals surface area contributed by atoms with Crippen molar-refractivity contribution < 1.29 is 19.4 Å². The van der Waals surface area contributed by atoms with E-state index in [-0.39, 0.29) is 5.78 Å². The zero-order chi connectivity index (χ0) is 14.2. The van der Waals surface area contributed by atoms with E-state index in [2.05, 4.69) is 0 Å². The van der Waals surface area contributed by atoms with E-state index in [0.29, 0.717) is 30.3 Å². The molecule has 1 aliphatic heterocycles. The molecule has 0 aliphatic carbocycles. The third-order valence-electron chi connectivity index (χ3n) is 3.21. The van der Waals surface area contributed by atoms with Crippen molar-refractivity contribution in [2.45, 2.75) is 33.8 Å². The Bertz CT molecular complexity index is 500. The van der Waals surface area contributed by atoms with Crippen LogP contribution in [0, 0.1) is 12.3 Å². The Labute approximate surface area is 113 Å². The number of hydrogen-bond acceptors (Lipinski definition) is 4. The molecule has 1 unspecified atom stereocenters. The maximum atomic E-state index is 12.2. The van der Waals surface area contributed by atoms with Crippen molar-refractivity contribution in [3.63, 3.8) is 0 Å². The molecule has 0 saturated carbocycles. The lowest BCUT2D eigenvalue weighted by Gasteiger charge is -2.25. The molecule has 19 heavy (non-hydrogen) atoms. The summed E-state index contributed by atoms with van der Waals surface area (Å²) in [5.41, 5.74) is 0.831. The van der Waals surface area contributed by atoms with Crippen molar-refractivity contribution in [2.75, 3.05) is 13.2 Å². The minimum absolute atomic E-state index is 0.202. The number of carbonyl (C=O) groups excluding carboxylic acids is 1. The van der Waals surface area contributed by atoms with Gasteiger partial charge in [-0.1, -0.05) is 20.8 Å². The monoisotopic (exact) mass is 264 g/mol. The predicted molar refractivity (Wildman–Crippen MR) is 71.6 cm³/mol. The highest BCUT2D eigenvalue weighted by Crippen LogP contribution is 2.36. The summed E-state index contributed by atoms with van der Waals surface area (Å²) >= 11 is 0. The number of rotatable bonds is 2. The van der Waals surface area contributed by atoms with Crippen molar-refractivity contribution in [1.82, 2.24) is 0 Å². The Morgan fingerprint density at radius 2 is 1.74 bits per heavy atom. The fraction of sp³-hybridized carbons (Fsp3) is 0.533. The lowest BCUT2D eigenvalue weighted by molar-refractivity contribution is -0.135. The SMILES string of the molecule is Cc1cc2c(cc1C(O)C(=O)C(C)(C)C)OCCO2. The molecule has 1 aromatic rings. The van der Waals surface area contributed by atoms with Crippen LogP contribution in [0.3, 0.4) is 0 Å². The molecule has 0 amide bonds. The summed E-state index contributed by atoms with van der Waals surface area (Å²) < 4.78 is 11.0. The molecular formula is C15H20O4. The van der Waals surface area contributed by atoms with Gasteiger partial charge in [0, 0.05) is 5.41 Å². The molecule has 0 aromatic heterocycles. The first-order chi connectivity index (χ1) is 8.80. The second kappa shape index (κ2) is 4.85. The molecule has 0 spiro atoms. The highest BCUT2D eigenvalue weighted by atomic mass is 16.6. The number of benzene rings is 1. The van der Waals surface area contributed by atoms with Crippen LogP contribution >= 0.6 is 0 Å². The van der Waals surface area contributed by atoms with Crippen molar-refractivity contribution in [2.24, 2.45) is 5.41 Å². The van der Waals surface area contributed by atoms with Gasteiger partial charge in [-0.05, 0) is 30.2 Å². The van der Waals surface area contributed by atoms with Gasteiger partial charge < -0.3 is 14.6 Å². The van der Waals surface area contributed by atoms with E-state index in [9.17, 15) is 9.90 Å². The molecule has 1 aliphatic rings. The maximum Gasteiger partial charge on any atom is 0.171 e. The molecule has 1 atom stereocenters. The molecule has 1 N–H and O–H groups in total. The lowest BCUT2D eigenvalue weighted by atomic mass is 9.84. The molecule has 0 radical (unpaired) electrons. The Morgan fingerprint density at radius 1 is 1.21 bits per heavy atom. The standard InChI is InChI=1S/C15H20O4/c1-9-7-11-12(19-6-5-18-11)8-10(9)13(16)14(17)15(2,3)4/h7-8,13,16H,5-6H2,1-4H3. The minimum atomic E-state index is -1.13. The van der Waals surface area contributed by atoms with Gasteiger partial charge in [0.15, 0.2) is 17.3 Å². The minimum Gasteiger partial charge on any atom is -0.486 e. The van der Waals surface area contributed by atoms with Gasteiger partial charge in [0.25, 0.3) is 0 Å². The molecule has 4 heteroatoms. The number of ether oxygens (including phenoxy) is 2. The molecule has 4 nitrogen and oxygen atoms in total. The molecule has 2 rings (SSSR count). The quantitative estimate of drug-likeness (QED) is 0.891. The zero-order valence-electron chi connectivity index (χ0n) is 11.8. The Balaban J connectivity index is 2.37. The van der Waals surface area contributed by atoms with Gasteiger partial charge in [-0.3, -0.25) is 4.79 Å². The van der Waals surface area contributed by atoms with E-state index in [1.807, 2.05) is 13.0 Å². The van der Waals surface area contributed by atoms with Crippen LogP contribution in [0.1, 0.15) is 38.0 Å². The van der Waals surface area contributed by atoms with Crippen LogP contribution in [0.25, 0.3) is 0 Å². The smallest absolute Gasteiger partial charge is 0.171 e. The van der Waals surface area contributed by atoms with Gasteiger partial charge in [0.1, 0.15) is 19.3 Å². The van der Waals surface area contributed by atoms with Crippen LogP contribution in [-0.2, 0) is 4.79 Å². The van der Waals surface area contributed by atoms with Crippen LogP contribution in [0.15, 0.2) is 12.1 Å². The van der Waals surface area contributed by atoms with E-state index >= 15 is 0 Å². The van der Waals surface area contributed by atoms with Gasteiger partial charge in [-0.2, -0.15) is 0 Å². The second-order valence-electron chi connectivity index (χ2n) is 5.87.